The van der Waals surface area contributed by atoms with Gasteiger partial charge in [0.15, 0.2) is 12.8 Å². The van der Waals surface area contributed by atoms with Crippen LogP contribution in [0, 0.1) is 0 Å². The van der Waals surface area contributed by atoms with Gasteiger partial charge < -0.3 is 0 Å². The molecule has 9 heavy (non-hydrogen) atoms. The Hall–Kier alpha value is -0.370. The van der Waals surface area contributed by atoms with Crippen LogP contribution in [0.2, 0.25) is 0 Å². The van der Waals surface area contributed by atoms with Gasteiger partial charge in [0.25, 0.3) is 0 Å². The molecular weight excluding hydrogens is 112 g/mol. The number of rotatable bonds is 0. The molecule has 0 spiro atoms. The van der Waals surface area contributed by atoms with Crippen LogP contribution in [0.5, 0.6) is 0 Å². The molecule has 2 nitrogen and oxygen atoms in total. The highest BCUT2D eigenvalue weighted by Gasteiger charge is 2.31. The molecule has 0 N–H and O–H groups in total. The minimum absolute atomic E-state index is 0.856. The van der Waals surface area contributed by atoms with E-state index in [0.29, 0.717) is 0 Å². The van der Waals surface area contributed by atoms with Crippen LogP contribution in [0.4, 0.5) is 0 Å². The first kappa shape index (κ1) is 5.42. The second-order valence-electron chi connectivity index (χ2n) is 3.06. The predicted octanol–water partition coefficient (Wildman–Crippen LogP) is -0.213. The van der Waals surface area contributed by atoms with Crippen molar-refractivity contribution in [2.45, 2.75) is 12.5 Å². The van der Waals surface area contributed by atoms with E-state index >= 15 is 0 Å². The maximum atomic E-state index is 2.44. The van der Waals surface area contributed by atoms with Crippen LogP contribution in [-0.4, -0.2) is 48.4 Å². The van der Waals surface area contributed by atoms with Crippen molar-refractivity contribution in [3.63, 3.8) is 0 Å². The molecule has 2 bridgehead atoms. The average Bonchev–Trinajstić information content (AvgIpc) is 2.25. The van der Waals surface area contributed by atoms with Crippen molar-refractivity contribution >= 4 is 6.21 Å². The second-order valence-corrected chi connectivity index (χ2v) is 3.06. The van der Waals surface area contributed by atoms with Crippen molar-refractivity contribution in [1.29, 1.82) is 0 Å². The molecule has 2 aliphatic rings. The SMILES string of the molecule is CN1CC=[N+]2CC[C@@H]1C2. The number of fused-ring (bicyclic) bond motifs is 2. The van der Waals surface area contributed by atoms with Crippen LogP contribution in [-0.2, 0) is 0 Å². The van der Waals surface area contributed by atoms with Gasteiger partial charge in [0.1, 0.15) is 6.54 Å². The molecule has 2 heteroatoms. The molecule has 0 unspecified atom stereocenters. The summed E-state index contributed by atoms with van der Waals surface area (Å²) < 4.78 is 2.44. The lowest BCUT2D eigenvalue weighted by Gasteiger charge is -2.19. The van der Waals surface area contributed by atoms with E-state index in [0.717, 1.165) is 12.6 Å². The molecule has 1 atom stereocenters. The van der Waals surface area contributed by atoms with E-state index in [1.54, 1.807) is 0 Å². The molecule has 1 saturated heterocycles. The molecule has 0 aromatic heterocycles. The molecule has 0 saturated carbocycles. The largest absolute Gasteiger partial charge is 0.288 e. The zero-order valence-corrected chi connectivity index (χ0v) is 5.88. The van der Waals surface area contributed by atoms with Gasteiger partial charge in [0.05, 0.1) is 12.6 Å². The zero-order chi connectivity index (χ0) is 6.27. The van der Waals surface area contributed by atoms with Gasteiger partial charge in [-0.15, -0.1) is 0 Å². The van der Waals surface area contributed by atoms with Gasteiger partial charge in [-0.2, -0.15) is 0 Å². The van der Waals surface area contributed by atoms with Crippen molar-refractivity contribution in [3.05, 3.63) is 0 Å². The summed E-state index contributed by atoms with van der Waals surface area (Å²) in [4.78, 5) is 2.43. The Bertz CT molecular complexity index is 151. The number of likely N-dealkylation sites (N-methyl/N-ethyl adjacent to an activating group) is 1. The maximum Gasteiger partial charge on any atom is 0.158 e. The van der Waals surface area contributed by atoms with Crippen LogP contribution in [0.3, 0.4) is 0 Å². The van der Waals surface area contributed by atoms with E-state index in [9.17, 15) is 0 Å². The second kappa shape index (κ2) is 1.81. The van der Waals surface area contributed by atoms with Crippen LogP contribution in [0.15, 0.2) is 0 Å². The van der Waals surface area contributed by atoms with Gasteiger partial charge in [-0.1, -0.05) is 0 Å². The topological polar surface area (TPSA) is 6.25 Å². The van der Waals surface area contributed by atoms with Crippen LogP contribution >= 0.6 is 0 Å². The molecular formula is C7H13N2+. The first-order chi connectivity index (χ1) is 4.36. The van der Waals surface area contributed by atoms with E-state index in [1.807, 2.05) is 0 Å². The monoisotopic (exact) mass is 125 g/mol. The first-order valence-corrected chi connectivity index (χ1v) is 3.64. The van der Waals surface area contributed by atoms with E-state index in [1.165, 1.54) is 19.5 Å². The summed E-state index contributed by atoms with van der Waals surface area (Å²) in [6.45, 7) is 3.72. The summed E-state index contributed by atoms with van der Waals surface area (Å²) >= 11 is 0. The molecule has 0 amide bonds. The highest BCUT2D eigenvalue weighted by atomic mass is 15.2. The fraction of sp³-hybridized carbons (Fsp3) is 0.857. The number of hydrogen-bond donors (Lipinski definition) is 0. The van der Waals surface area contributed by atoms with Gasteiger partial charge in [0.2, 0.25) is 0 Å². The quantitative estimate of drug-likeness (QED) is 0.406. The zero-order valence-electron chi connectivity index (χ0n) is 5.88. The summed E-state index contributed by atoms with van der Waals surface area (Å²) in [5.41, 5.74) is 0. The summed E-state index contributed by atoms with van der Waals surface area (Å²) in [5.74, 6) is 0. The van der Waals surface area contributed by atoms with E-state index < -0.39 is 0 Å². The fourth-order valence-electron chi connectivity index (χ4n) is 1.69. The molecule has 2 aliphatic heterocycles. The maximum absolute atomic E-state index is 2.44. The van der Waals surface area contributed by atoms with E-state index in [2.05, 4.69) is 22.7 Å². The highest BCUT2D eigenvalue weighted by molar-refractivity contribution is 5.54. The van der Waals surface area contributed by atoms with E-state index in [-0.39, 0.29) is 0 Å². The van der Waals surface area contributed by atoms with Gasteiger partial charge in [0, 0.05) is 6.42 Å². The van der Waals surface area contributed by atoms with Crippen molar-refractivity contribution < 1.29 is 4.58 Å². The van der Waals surface area contributed by atoms with Gasteiger partial charge in [-0.05, 0) is 7.05 Å². The Kier molecular flexibility index (Phi) is 1.09. The summed E-state index contributed by atoms with van der Waals surface area (Å²) in [6, 6.07) is 0.856. The molecule has 2 rings (SSSR count). The Morgan fingerprint density at radius 3 is 3.33 bits per heavy atom. The van der Waals surface area contributed by atoms with E-state index in [4.69, 9.17) is 0 Å². The van der Waals surface area contributed by atoms with Gasteiger partial charge >= 0.3 is 0 Å². The summed E-state index contributed by atoms with van der Waals surface area (Å²) in [7, 11) is 2.21. The predicted molar refractivity (Wildman–Crippen MR) is 37.1 cm³/mol. The third-order valence-electron chi connectivity index (χ3n) is 2.45. The van der Waals surface area contributed by atoms with Gasteiger partial charge in [-0.25, -0.2) is 4.58 Å². The Morgan fingerprint density at radius 1 is 1.67 bits per heavy atom. The van der Waals surface area contributed by atoms with Gasteiger partial charge in [-0.3, -0.25) is 4.90 Å². The molecule has 0 aromatic carbocycles. The number of hydrogen-bond acceptors (Lipinski definition) is 1. The standard InChI is InChI=1S/C7H13N2/c1-8-4-5-9-3-2-7(8)6-9/h5,7H,2-4,6H2,1H3/q+1/t7-/m1/s1. The molecule has 50 valence electrons. The van der Waals surface area contributed by atoms with Crippen LogP contribution in [0.25, 0.3) is 0 Å². The highest BCUT2D eigenvalue weighted by Crippen LogP contribution is 2.12. The minimum Gasteiger partial charge on any atom is -0.288 e. The van der Waals surface area contributed by atoms with Crippen LogP contribution < -0.4 is 0 Å². The lowest BCUT2D eigenvalue weighted by Crippen LogP contribution is -2.39. The molecule has 0 aromatic rings. The molecule has 0 aliphatic carbocycles. The third kappa shape index (κ3) is 0.778. The van der Waals surface area contributed by atoms with Crippen molar-refractivity contribution in [2.75, 3.05) is 26.7 Å². The minimum atomic E-state index is 0.856. The molecule has 0 radical (unpaired) electrons. The lowest BCUT2D eigenvalue weighted by atomic mass is 10.2. The third-order valence-corrected chi connectivity index (χ3v) is 2.45. The number of nitrogens with zero attached hydrogens (tertiary/aromatic N) is 2. The van der Waals surface area contributed by atoms with Crippen molar-refractivity contribution in [2.24, 2.45) is 0 Å². The first-order valence-electron chi connectivity index (χ1n) is 3.64. The Morgan fingerprint density at radius 2 is 2.56 bits per heavy atom. The fourth-order valence-corrected chi connectivity index (χ4v) is 1.69. The van der Waals surface area contributed by atoms with Crippen molar-refractivity contribution in [1.82, 2.24) is 4.90 Å². The summed E-state index contributed by atoms with van der Waals surface area (Å²) in [6.07, 6.45) is 3.68. The smallest absolute Gasteiger partial charge is 0.158 e. The Labute approximate surface area is 55.8 Å². The van der Waals surface area contributed by atoms with Crippen molar-refractivity contribution in [3.8, 4) is 0 Å². The Balaban J connectivity index is 2.21. The normalized spacial score (nSPS) is 34.8. The summed E-state index contributed by atoms with van der Waals surface area (Å²) in [5, 5.41) is 0. The average molecular weight is 125 g/mol. The molecule has 1 fully saturated rings. The lowest BCUT2D eigenvalue weighted by molar-refractivity contribution is -0.508. The molecule has 2 heterocycles. The van der Waals surface area contributed by atoms with Crippen LogP contribution in [0.1, 0.15) is 6.42 Å².